The lowest BCUT2D eigenvalue weighted by molar-refractivity contribution is -0.127. The number of benzene rings is 2. The predicted octanol–water partition coefficient (Wildman–Crippen LogP) is 5.97. The van der Waals surface area contributed by atoms with Crippen molar-refractivity contribution in [1.82, 2.24) is 5.32 Å². The lowest BCUT2D eigenvalue weighted by Gasteiger charge is -2.30. The number of methoxy groups -OCH3 is 2. The predicted molar refractivity (Wildman–Crippen MR) is 183 cm³/mol. The third kappa shape index (κ3) is 11.8. The number of piperidine rings is 1. The van der Waals surface area contributed by atoms with Gasteiger partial charge >= 0.3 is 0 Å². The standard InChI is InChI=1S/C37H59N3O5/c1-26(2)30(21-29-13-16-35(44-6)36(22-29)45-20-10-19-43-5)23-33(38)34(41)24-32(27(3)4)37(42)39-25-28-11-14-31(15-12-28)40-17-8-7-9-18-40/h11-16,22,26-27,30,32-34,41H,7-10,17-21,23-25,38H2,1-6H3,(H,39,42)/t30-,32-,33-,34-/m0/s1. The number of nitrogens with zero attached hydrogens (tertiary/aromatic N) is 1. The van der Waals surface area contributed by atoms with Gasteiger partial charge in [-0.3, -0.25) is 4.79 Å². The Morgan fingerprint density at radius 1 is 0.911 bits per heavy atom. The zero-order valence-corrected chi connectivity index (χ0v) is 28.6. The molecule has 4 N–H and O–H groups in total. The molecule has 2 aromatic rings. The van der Waals surface area contributed by atoms with Crippen LogP contribution in [0.2, 0.25) is 0 Å². The van der Waals surface area contributed by atoms with Gasteiger partial charge in [0.25, 0.3) is 0 Å². The van der Waals surface area contributed by atoms with Crippen LogP contribution in [0.25, 0.3) is 0 Å². The highest BCUT2D eigenvalue weighted by Gasteiger charge is 2.30. The molecule has 1 aliphatic heterocycles. The fourth-order valence-electron chi connectivity index (χ4n) is 6.16. The summed E-state index contributed by atoms with van der Waals surface area (Å²) in [4.78, 5) is 15.7. The quantitative estimate of drug-likeness (QED) is 0.165. The Morgan fingerprint density at radius 3 is 2.22 bits per heavy atom. The van der Waals surface area contributed by atoms with E-state index in [1.54, 1.807) is 14.2 Å². The maximum absolute atomic E-state index is 13.3. The highest BCUT2D eigenvalue weighted by molar-refractivity contribution is 5.79. The Morgan fingerprint density at radius 2 is 1.60 bits per heavy atom. The summed E-state index contributed by atoms with van der Waals surface area (Å²) in [7, 11) is 3.33. The summed E-state index contributed by atoms with van der Waals surface area (Å²) in [6, 6.07) is 14.1. The van der Waals surface area contributed by atoms with Crippen molar-refractivity contribution in [2.45, 2.75) is 91.3 Å². The highest BCUT2D eigenvalue weighted by atomic mass is 16.5. The van der Waals surface area contributed by atoms with Crippen molar-refractivity contribution >= 4 is 11.6 Å². The maximum atomic E-state index is 13.3. The average Bonchev–Trinajstić information content (AvgIpc) is 3.04. The van der Waals surface area contributed by atoms with Crippen molar-refractivity contribution in [2.24, 2.45) is 29.4 Å². The second-order valence-electron chi connectivity index (χ2n) is 13.4. The third-order valence-electron chi connectivity index (χ3n) is 9.25. The largest absolute Gasteiger partial charge is 0.493 e. The van der Waals surface area contributed by atoms with Gasteiger partial charge in [0.05, 0.1) is 19.8 Å². The van der Waals surface area contributed by atoms with Gasteiger partial charge in [-0.15, -0.1) is 0 Å². The van der Waals surface area contributed by atoms with Crippen molar-refractivity contribution in [3.05, 3.63) is 53.6 Å². The molecule has 0 unspecified atom stereocenters. The lowest BCUT2D eigenvalue weighted by Crippen LogP contribution is -2.42. The van der Waals surface area contributed by atoms with Crippen molar-refractivity contribution in [1.29, 1.82) is 0 Å². The molecule has 0 radical (unpaired) electrons. The molecular weight excluding hydrogens is 566 g/mol. The van der Waals surface area contributed by atoms with Crippen LogP contribution >= 0.6 is 0 Å². The maximum Gasteiger partial charge on any atom is 0.223 e. The summed E-state index contributed by atoms with van der Waals surface area (Å²) >= 11 is 0. The van der Waals surface area contributed by atoms with Crippen LogP contribution in [-0.4, -0.2) is 63.7 Å². The van der Waals surface area contributed by atoms with Crippen LogP contribution in [0.4, 0.5) is 5.69 Å². The third-order valence-corrected chi connectivity index (χ3v) is 9.25. The smallest absolute Gasteiger partial charge is 0.223 e. The topological polar surface area (TPSA) is 106 Å². The molecule has 252 valence electrons. The monoisotopic (exact) mass is 625 g/mol. The van der Waals surface area contributed by atoms with E-state index in [1.165, 1.54) is 24.9 Å². The SMILES string of the molecule is COCCCOc1cc(C[C@@H](C[C@H](N)[C@@H](O)C[C@H](C(=O)NCc2ccc(N3CCCCC3)cc2)C(C)C)C(C)C)ccc1OC. The van der Waals surface area contributed by atoms with E-state index in [2.05, 4.69) is 54.4 Å². The number of amides is 1. The molecule has 0 saturated carbocycles. The second kappa shape index (κ2) is 19.0. The number of hydrogen-bond donors (Lipinski definition) is 3. The van der Waals surface area contributed by atoms with Gasteiger partial charge in [-0.05, 0) is 91.7 Å². The van der Waals surface area contributed by atoms with E-state index >= 15 is 0 Å². The summed E-state index contributed by atoms with van der Waals surface area (Å²) in [5.74, 6) is 1.77. The number of rotatable bonds is 19. The van der Waals surface area contributed by atoms with Crippen LogP contribution in [-0.2, 0) is 22.5 Å². The number of hydrogen-bond acceptors (Lipinski definition) is 7. The molecule has 2 aromatic carbocycles. The molecule has 8 heteroatoms. The molecule has 1 aliphatic rings. The minimum Gasteiger partial charge on any atom is -0.493 e. The lowest BCUT2D eigenvalue weighted by atomic mass is 9.81. The molecule has 4 atom stereocenters. The molecule has 45 heavy (non-hydrogen) atoms. The van der Waals surface area contributed by atoms with Crippen LogP contribution in [0.15, 0.2) is 42.5 Å². The van der Waals surface area contributed by atoms with E-state index in [-0.39, 0.29) is 23.7 Å². The number of aliphatic hydroxyl groups is 1. The second-order valence-corrected chi connectivity index (χ2v) is 13.4. The van der Waals surface area contributed by atoms with Crippen LogP contribution < -0.4 is 25.4 Å². The van der Waals surface area contributed by atoms with Crippen molar-refractivity contribution in [2.75, 3.05) is 45.4 Å². The molecular formula is C37H59N3O5. The molecule has 1 fully saturated rings. The molecule has 0 spiro atoms. The fourth-order valence-corrected chi connectivity index (χ4v) is 6.16. The summed E-state index contributed by atoms with van der Waals surface area (Å²) in [6.07, 6.45) is 5.63. The average molecular weight is 626 g/mol. The number of anilines is 1. The number of ether oxygens (including phenoxy) is 3. The Labute approximate surface area is 272 Å². The molecule has 1 heterocycles. The van der Waals surface area contributed by atoms with Gasteiger partial charge in [0.2, 0.25) is 5.91 Å². The zero-order valence-electron chi connectivity index (χ0n) is 28.6. The van der Waals surface area contributed by atoms with Gasteiger partial charge in [0, 0.05) is 57.4 Å². The fraction of sp³-hybridized carbons (Fsp3) is 0.649. The van der Waals surface area contributed by atoms with E-state index in [0.717, 1.165) is 42.8 Å². The first-order valence-corrected chi connectivity index (χ1v) is 17.0. The van der Waals surface area contributed by atoms with E-state index in [9.17, 15) is 9.90 Å². The molecule has 0 aromatic heterocycles. The molecule has 0 bridgehead atoms. The normalized spacial score (nSPS) is 16.4. The highest BCUT2D eigenvalue weighted by Crippen LogP contribution is 2.32. The minimum absolute atomic E-state index is 0.0342. The number of nitrogens with two attached hydrogens (primary N) is 1. The first kappa shape index (κ1) is 36.7. The van der Waals surface area contributed by atoms with Crippen molar-refractivity contribution < 1.29 is 24.1 Å². The molecule has 1 amide bonds. The zero-order chi connectivity index (χ0) is 32.8. The minimum atomic E-state index is -0.774. The Bertz CT molecular complexity index is 1130. The molecule has 3 rings (SSSR count). The Kier molecular flexibility index (Phi) is 15.5. The van der Waals surface area contributed by atoms with Gasteiger partial charge in [-0.25, -0.2) is 0 Å². The van der Waals surface area contributed by atoms with E-state index in [1.807, 2.05) is 26.0 Å². The number of nitrogens with one attached hydrogen (secondary N) is 1. The Hall–Kier alpha value is -2.81. The summed E-state index contributed by atoms with van der Waals surface area (Å²) < 4.78 is 16.6. The summed E-state index contributed by atoms with van der Waals surface area (Å²) in [5, 5.41) is 14.3. The molecule has 8 nitrogen and oxygen atoms in total. The summed E-state index contributed by atoms with van der Waals surface area (Å²) in [5.41, 5.74) is 10.1. The van der Waals surface area contributed by atoms with Gasteiger partial charge in [-0.2, -0.15) is 0 Å². The number of carbonyl (C=O) groups excluding carboxylic acids is 1. The van der Waals surface area contributed by atoms with Crippen LogP contribution in [0.5, 0.6) is 11.5 Å². The van der Waals surface area contributed by atoms with Gasteiger partial charge < -0.3 is 35.3 Å². The van der Waals surface area contributed by atoms with E-state index in [0.29, 0.717) is 44.3 Å². The van der Waals surface area contributed by atoms with E-state index < -0.39 is 12.1 Å². The Balaban J connectivity index is 1.55. The van der Waals surface area contributed by atoms with Crippen molar-refractivity contribution in [3.63, 3.8) is 0 Å². The number of aliphatic hydroxyl groups excluding tert-OH is 1. The van der Waals surface area contributed by atoms with Crippen LogP contribution in [0.1, 0.15) is 77.3 Å². The number of carbonyl (C=O) groups is 1. The van der Waals surface area contributed by atoms with Gasteiger partial charge in [0.15, 0.2) is 11.5 Å². The van der Waals surface area contributed by atoms with Gasteiger partial charge in [0.1, 0.15) is 0 Å². The van der Waals surface area contributed by atoms with E-state index in [4.69, 9.17) is 19.9 Å². The molecule has 0 aliphatic carbocycles. The summed E-state index contributed by atoms with van der Waals surface area (Å²) in [6.45, 7) is 12.3. The van der Waals surface area contributed by atoms with Crippen molar-refractivity contribution in [3.8, 4) is 11.5 Å². The van der Waals surface area contributed by atoms with Crippen LogP contribution in [0.3, 0.4) is 0 Å². The molecule has 1 saturated heterocycles. The first-order chi connectivity index (χ1) is 21.6. The van der Waals surface area contributed by atoms with Gasteiger partial charge in [-0.1, -0.05) is 45.9 Å². The van der Waals surface area contributed by atoms with Crippen LogP contribution in [0, 0.1) is 23.7 Å². The first-order valence-electron chi connectivity index (χ1n) is 17.0.